The van der Waals surface area contributed by atoms with Crippen LogP contribution < -0.4 is 10.2 Å². The van der Waals surface area contributed by atoms with Crippen LogP contribution >= 0.6 is 15.9 Å². The summed E-state index contributed by atoms with van der Waals surface area (Å²) < 4.78 is 0.980. The molecule has 1 aromatic heterocycles. The maximum absolute atomic E-state index is 4.63. The Morgan fingerprint density at radius 3 is 2.55 bits per heavy atom. The fraction of sp³-hybridized carbons (Fsp3) is 0.733. The first-order valence-corrected chi connectivity index (χ1v) is 8.22. The molecule has 1 aromatic rings. The van der Waals surface area contributed by atoms with Crippen LogP contribution in [0.2, 0.25) is 0 Å². The maximum Gasteiger partial charge on any atom is 0.224 e. The summed E-state index contributed by atoms with van der Waals surface area (Å²) in [7, 11) is 0. The van der Waals surface area contributed by atoms with Crippen LogP contribution in [-0.2, 0) is 0 Å². The number of anilines is 2. The Balaban J connectivity index is 2.08. The molecule has 2 rings (SSSR count). The second-order valence-corrected chi connectivity index (χ2v) is 7.38. The average Bonchev–Trinajstić information content (AvgIpc) is 2.40. The van der Waals surface area contributed by atoms with Crippen LogP contribution in [0.4, 0.5) is 11.8 Å². The van der Waals surface area contributed by atoms with Gasteiger partial charge in [0.1, 0.15) is 5.82 Å². The zero-order valence-electron chi connectivity index (χ0n) is 12.9. The van der Waals surface area contributed by atoms with Gasteiger partial charge in [0, 0.05) is 25.8 Å². The number of aromatic nitrogens is 2. The van der Waals surface area contributed by atoms with Crippen LogP contribution in [0.1, 0.15) is 40.5 Å². The maximum atomic E-state index is 4.63. The predicted octanol–water partition coefficient (Wildman–Crippen LogP) is 3.93. The Kier molecular flexibility index (Phi) is 4.89. The lowest BCUT2D eigenvalue weighted by Gasteiger charge is -2.39. The molecule has 0 bridgehead atoms. The molecule has 0 radical (unpaired) electrons. The Morgan fingerprint density at radius 1 is 1.35 bits per heavy atom. The standard InChI is InChI=1S/C15H25BrN4/c1-5-17-14-18-10-12(16)13(19-14)20-8-6-11(7-9-20)15(2,3)4/h10-11H,5-9H2,1-4H3,(H,17,18,19). The molecule has 1 aliphatic rings. The quantitative estimate of drug-likeness (QED) is 0.904. The van der Waals surface area contributed by atoms with Crippen LogP contribution in [0, 0.1) is 11.3 Å². The molecule has 0 amide bonds. The number of halogens is 1. The lowest BCUT2D eigenvalue weighted by Crippen LogP contribution is -2.38. The SMILES string of the molecule is CCNc1ncc(Br)c(N2CCC(C(C)(C)C)CC2)n1. The summed E-state index contributed by atoms with van der Waals surface area (Å²) >= 11 is 3.58. The smallest absolute Gasteiger partial charge is 0.224 e. The minimum atomic E-state index is 0.407. The molecule has 20 heavy (non-hydrogen) atoms. The molecule has 5 heteroatoms. The summed E-state index contributed by atoms with van der Waals surface area (Å²) in [5.41, 5.74) is 0.407. The Hall–Kier alpha value is -0.840. The van der Waals surface area contributed by atoms with Gasteiger partial charge >= 0.3 is 0 Å². The van der Waals surface area contributed by atoms with Gasteiger partial charge in [-0.2, -0.15) is 4.98 Å². The van der Waals surface area contributed by atoms with Gasteiger partial charge in [-0.15, -0.1) is 0 Å². The monoisotopic (exact) mass is 340 g/mol. The first kappa shape index (κ1) is 15.5. The summed E-state index contributed by atoms with van der Waals surface area (Å²) in [6, 6.07) is 0. The third kappa shape index (κ3) is 3.62. The molecule has 0 aromatic carbocycles. The third-order valence-corrected chi connectivity index (χ3v) is 4.64. The van der Waals surface area contributed by atoms with E-state index in [1.165, 1.54) is 12.8 Å². The van der Waals surface area contributed by atoms with Gasteiger partial charge in [0.2, 0.25) is 5.95 Å². The number of hydrogen-bond donors (Lipinski definition) is 1. The molecular weight excluding hydrogens is 316 g/mol. The third-order valence-electron chi connectivity index (χ3n) is 4.08. The van der Waals surface area contributed by atoms with Gasteiger partial charge in [-0.25, -0.2) is 4.98 Å². The average molecular weight is 341 g/mol. The minimum Gasteiger partial charge on any atom is -0.355 e. The molecule has 2 heterocycles. The van der Waals surface area contributed by atoms with E-state index in [9.17, 15) is 0 Å². The van der Waals surface area contributed by atoms with Gasteiger partial charge in [0.25, 0.3) is 0 Å². The molecule has 0 unspecified atom stereocenters. The summed E-state index contributed by atoms with van der Waals surface area (Å²) in [5.74, 6) is 2.53. The van der Waals surface area contributed by atoms with E-state index in [0.29, 0.717) is 11.4 Å². The van der Waals surface area contributed by atoms with Crippen LogP contribution in [0.5, 0.6) is 0 Å². The summed E-state index contributed by atoms with van der Waals surface area (Å²) in [5, 5.41) is 3.18. The van der Waals surface area contributed by atoms with E-state index < -0.39 is 0 Å². The summed E-state index contributed by atoms with van der Waals surface area (Å²) in [4.78, 5) is 11.3. The van der Waals surface area contributed by atoms with Crippen molar-refractivity contribution in [2.24, 2.45) is 11.3 Å². The van der Waals surface area contributed by atoms with E-state index >= 15 is 0 Å². The van der Waals surface area contributed by atoms with Crippen LogP contribution in [0.15, 0.2) is 10.7 Å². The normalized spacial score (nSPS) is 17.4. The van der Waals surface area contributed by atoms with E-state index in [4.69, 9.17) is 0 Å². The van der Waals surface area contributed by atoms with Crippen molar-refractivity contribution in [1.29, 1.82) is 0 Å². The van der Waals surface area contributed by atoms with Crippen LogP contribution in [-0.4, -0.2) is 29.6 Å². The van der Waals surface area contributed by atoms with E-state index in [1.807, 2.05) is 6.20 Å². The molecule has 0 saturated carbocycles. The molecule has 0 aliphatic carbocycles. The van der Waals surface area contributed by atoms with Gasteiger partial charge in [-0.1, -0.05) is 20.8 Å². The first-order valence-electron chi connectivity index (χ1n) is 7.43. The topological polar surface area (TPSA) is 41.1 Å². The zero-order chi connectivity index (χ0) is 14.8. The molecule has 1 saturated heterocycles. The van der Waals surface area contributed by atoms with Gasteiger partial charge in [0.05, 0.1) is 4.47 Å². The van der Waals surface area contributed by atoms with E-state index in [1.54, 1.807) is 0 Å². The lowest BCUT2D eigenvalue weighted by molar-refractivity contribution is 0.198. The van der Waals surface area contributed by atoms with Crippen molar-refractivity contribution in [3.05, 3.63) is 10.7 Å². The lowest BCUT2D eigenvalue weighted by atomic mass is 9.75. The van der Waals surface area contributed by atoms with Gasteiger partial charge in [-0.3, -0.25) is 0 Å². The highest BCUT2D eigenvalue weighted by Gasteiger charge is 2.29. The van der Waals surface area contributed by atoms with Gasteiger partial charge in [-0.05, 0) is 47.0 Å². The van der Waals surface area contributed by atoms with Crippen molar-refractivity contribution in [3.8, 4) is 0 Å². The molecule has 1 N–H and O–H groups in total. The first-order chi connectivity index (χ1) is 9.41. The number of hydrogen-bond acceptors (Lipinski definition) is 4. The number of nitrogens with one attached hydrogen (secondary N) is 1. The highest BCUT2D eigenvalue weighted by atomic mass is 79.9. The zero-order valence-corrected chi connectivity index (χ0v) is 14.5. The molecule has 0 spiro atoms. The van der Waals surface area contributed by atoms with Gasteiger partial charge in [0.15, 0.2) is 0 Å². The fourth-order valence-corrected chi connectivity index (χ4v) is 3.22. The van der Waals surface area contributed by atoms with Crippen LogP contribution in [0.25, 0.3) is 0 Å². The molecular formula is C15H25BrN4. The largest absolute Gasteiger partial charge is 0.355 e. The second-order valence-electron chi connectivity index (χ2n) is 6.52. The Morgan fingerprint density at radius 2 is 2.00 bits per heavy atom. The van der Waals surface area contributed by atoms with Crippen molar-refractivity contribution >= 4 is 27.7 Å². The number of nitrogens with zero attached hydrogens (tertiary/aromatic N) is 3. The van der Waals surface area contributed by atoms with E-state index in [2.05, 4.69) is 63.8 Å². The number of rotatable bonds is 3. The minimum absolute atomic E-state index is 0.407. The van der Waals surface area contributed by atoms with Crippen molar-refractivity contribution in [2.45, 2.75) is 40.5 Å². The predicted molar refractivity (Wildman–Crippen MR) is 88.3 cm³/mol. The van der Waals surface area contributed by atoms with Crippen LogP contribution in [0.3, 0.4) is 0 Å². The fourth-order valence-electron chi connectivity index (χ4n) is 2.78. The highest BCUT2D eigenvalue weighted by Crippen LogP contribution is 2.36. The Labute approximate surface area is 130 Å². The second kappa shape index (κ2) is 6.29. The van der Waals surface area contributed by atoms with E-state index in [-0.39, 0.29) is 0 Å². The molecule has 4 nitrogen and oxygen atoms in total. The Bertz CT molecular complexity index is 448. The van der Waals surface area contributed by atoms with Crippen molar-refractivity contribution < 1.29 is 0 Å². The summed E-state index contributed by atoms with van der Waals surface area (Å²) in [6.07, 6.45) is 4.31. The molecule has 0 atom stereocenters. The molecule has 1 fully saturated rings. The highest BCUT2D eigenvalue weighted by molar-refractivity contribution is 9.10. The van der Waals surface area contributed by atoms with Crippen molar-refractivity contribution in [2.75, 3.05) is 29.9 Å². The van der Waals surface area contributed by atoms with E-state index in [0.717, 1.165) is 35.8 Å². The van der Waals surface area contributed by atoms with Crippen molar-refractivity contribution in [3.63, 3.8) is 0 Å². The van der Waals surface area contributed by atoms with Gasteiger partial charge < -0.3 is 10.2 Å². The molecule has 112 valence electrons. The summed E-state index contributed by atoms with van der Waals surface area (Å²) in [6.45, 7) is 12.1. The molecule has 1 aliphatic heterocycles. The van der Waals surface area contributed by atoms with Crippen molar-refractivity contribution in [1.82, 2.24) is 9.97 Å². The number of piperidine rings is 1.